The fraction of sp³-hybridized carbons (Fsp3) is 0.389. The Kier molecular flexibility index (Phi) is 4.96. The molecule has 7 heteroatoms. The van der Waals surface area contributed by atoms with Crippen LogP contribution >= 0.6 is 0 Å². The third-order valence-electron chi connectivity index (χ3n) is 4.12. The van der Waals surface area contributed by atoms with Gasteiger partial charge in [0.25, 0.3) is 5.92 Å². The van der Waals surface area contributed by atoms with Gasteiger partial charge in [-0.05, 0) is 55.8 Å². The normalized spacial score (nSPS) is 15.1. The molecule has 0 spiro atoms. The zero-order chi connectivity index (χ0) is 19.0. The standard InChI is InChI=1S/C18H21F3N2O2/c1-16(2,24)12-8-14(11-4-6-13(19)7-5-11)23-15(9-12)18(25,10-22)17(3,20)21/h4-9,24-25H,10,22H2,1-3H3. The van der Waals surface area contributed by atoms with E-state index in [0.29, 0.717) is 12.5 Å². The summed E-state index contributed by atoms with van der Waals surface area (Å²) >= 11 is 0. The van der Waals surface area contributed by atoms with Crippen LogP contribution in [-0.2, 0) is 11.2 Å². The summed E-state index contributed by atoms with van der Waals surface area (Å²) < 4.78 is 41.1. The van der Waals surface area contributed by atoms with Crippen molar-refractivity contribution in [2.75, 3.05) is 6.54 Å². The molecule has 1 aromatic heterocycles. The molecule has 4 N–H and O–H groups in total. The topological polar surface area (TPSA) is 79.4 Å². The molecule has 2 aromatic rings. The van der Waals surface area contributed by atoms with Crippen LogP contribution in [0, 0.1) is 5.82 Å². The molecule has 1 unspecified atom stereocenters. The summed E-state index contributed by atoms with van der Waals surface area (Å²) in [7, 11) is 0. The summed E-state index contributed by atoms with van der Waals surface area (Å²) in [5.41, 5.74) is 1.91. The van der Waals surface area contributed by atoms with Crippen LogP contribution in [0.2, 0.25) is 0 Å². The molecule has 0 fully saturated rings. The second-order valence-corrected chi connectivity index (χ2v) is 6.64. The van der Waals surface area contributed by atoms with E-state index >= 15 is 0 Å². The molecule has 136 valence electrons. The molecule has 0 amide bonds. The maximum atomic E-state index is 14.0. The molecule has 1 aromatic carbocycles. The number of benzene rings is 1. The van der Waals surface area contributed by atoms with Crippen LogP contribution in [-0.4, -0.2) is 27.7 Å². The van der Waals surface area contributed by atoms with Crippen molar-refractivity contribution in [1.82, 2.24) is 4.98 Å². The SMILES string of the molecule is CC(C)(O)c1cc(-c2ccc(F)cc2)nc(C(O)(CN)C(C)(F)F)c1. The number of aliphatic hydroxyl groups is 2. The molecule has 1 atom stereocenters. The Labute approximate surface area is 144 Å². The molecule has 4 nitrogen and oxygen atoms in total. The molecular weight excluding hydrogens is 333 g/mol. The molecule has 25 heavy (non-hydrogen) atoms. The molecular formula is C18H21F3N2O2. The Morgan fingerprint density at radius 1 is 1.04 bits per heavy atom. The van der Waals surface area contributed by atoms with E-state index in [0.717, 1.165) is 0 Å². The van der Waals surface area contributed by atoms with Crippen LogP contribution in [0.15, 0.2) is 36.4 Å². The second-order valence-electron chi connectivity index (χ2n) is 6.64. The number of aromatic nitrogens is 1. The minimum Gasteiger partial charge on any atom is -0.386 e. The van der Waals surface area contributed by atoms with Gasteiger partial charge in [-0.2, -0.15) is 0 Å². The number of hydrogen-bond donors (Lipinski definition) is 3. The summed E-state index contributed by atoms with van der Waals surface area (Å²) in [6, 6.07) is 7.98. The van der Waals surface area contributed by atoms with Crippen molar-refractivity contribution in [3.8, 4) is 11.3 Å². The average Bonchev–Trinajstić information content (AvgIpc) is 2.52. The third kappa shape index (κ3) is 3.84. The maximum absolute atomic E-state index is 14.0. The fourth-order valence-corrected chi connectivity index (χ4v) is 2.37. The van der Waals surface area contributed by atoms with E-state index in [-0.39, 0.29) is 17.0 Å². The van der Waals surface area contributed by atoms with Gasteiger partial charge in [0.05, 0.1) is 17.0 Å². The molecule has 0 saturated carbocycles. The van der Waals surface area contributed by atoms with Crippen molar-refractivity contribution < 1.29 is 23.4 Å². The Morgan fingerprint density at radius 3 is 2.04 bits per heavy atom. The van der Waals surface area contributed by atoms with Gasteiger partial charge < -0.3 is 15.9 Å². The van der Waals surface area contributed by atoms with Crippen LogP contribution in [0.3, 0.4) is 0 Å². The Hall–Kier alpha value is -1.96. The lowest BCUT2D eigenvalue weighted by molar-refractivity contribution is -0.172. The van der Waals surface area contributed by atoms with Gasteiger partial charge in [0.1, 0.15) is 5.82 Å². The van der Waals surface area contributed by atoms with Crippen LogP contribution in [0.25, 0.3) is 11.3 Å². The Balaban J connectivity index is 2.73. The molecule has 0 aliphatic heterocycles. The largest absolute Gasteiger partial charge is 0.386 e. The van der Waals surface area contributed by atoms with Gasteiger partial charge in [0, 0.05) is 19.0 Å². The summed E-state index contributed by atoms with van der Waals surface area (Å²) in [6.45, 7) is 2.75. The highest BCUT2D eigenvalue weighted by molar-refractivity contribution is 5.60. The highest BCUT2D eigenvalue weighted by Crippen LogP contribution is 2.38. The number of nitrogens with two attached hydrogens (primary N) is 1. The van der Waals surface area contributed by atoms with E-state index in [1.165, 1.54) is 50.2 Å². The highest BCUT2D eigenvalue weighted by atomic mass is 19.3. The minimum absolute atomic E-state index is 0.214. The van der Waals surface area contributed by atoms with Crippen molar-refractivity contribution in [3.05, 3.63) is 53.5 Å². The summed E-state index contributed by atoms with van der Waals surface area (Å²) in [5, 5.41) is 20.7. The van der Waals surface area contributed by atoms with E-state index in [9.17, 15) is 23.4 Å². The molecule has 0 radical (unpaired) electrons. The van der Waals surface area contributed by atoms with Crippen molar-refractivity contribution in [2.45, 2.75) is 37.9 Å². The first-order valence-corrected chi connectivity index (χ1v) is 7.70. The van der Waals surface area contributed by atoms with E-state index < -0.39 is 29.5 Å². The van der Waals surface area contributed by atoms with Crippen molar-refractivity contribution >= 4 is 0 Å². The van der Waals surface area contributed by atoms with E-state index in [2.05, 4.69) is 4.98 Å². The smallest absolute Gasteiger partial charge is 0.280 e. The maximum Gasteiger partial charge on any atom is 0.280 e. The first-order chi connectivity index (χ1) is 11.4. The minimum atomic E-state index is -3.56. The van der Waals surface area contributed by atoms with Crippen LogP contribution in [0.5, 0.6) is 0 Å². The van der Waals surface area contributed by atoms with Gasteiger partial charge in [-0.15, -0.1) is 0 Å². The van der Waals surface area contributed by atoms with Gasteiger partial charge in [0.15, 0.2) is 5.60 Å². The molecule has 0 aliphatic carbocycles. The number of hydrogen-bond acceptors (Lipinski definition) is 4. The quantitative estimate of drug-likeness (QED) is 0.771. The predicted octanol–water partition coefficient (Wildman–Crippen LogP) is 2.92. The Bertz CT molecular complexity index is 752. The lowest BCUT2D eigenvalue weighted by Gasteiger charge is -2.33. The molecule has 2 rings (SSSR count). The third-order valence-corrected chi connectivity index (χ3v) is 4.12. The number of halogens is 3. The van der Waals surface area contributed by atoms with Gasteiger partial charge in [0.2, 0.25) is 0 Å². The zero-order valence-corrected chi connectivity index (χ0v) is 14.2. The average molecular weight is 354 g/mol. The van der Waals surface area contributed by atoms with Crippen LogP contribution < -0.4 is 5.73 Å². The first-order valence-electron chi connectivity index (χ1n) is 7.70. The number of nitrogens with zero attached hydrogens (tertiary/aromatic N) is 1. The summed E-state index contributed by atoms with van der Waals surface area (Å²) in [4.78, 5) is 4.11. The van der Waals surface area contributed by atoms with Gasteiger partial charge in [-0.25, -0.2) is 18.2 Å². The zero-order valence-electron chi connectivity index (χ0n) is 14.2. The van der Waals surface area contributed by atoms with E-state index in [1.54, 1.807) is 0 Å². The monoisotopic (exact) mass is 354 g/mol. The van der Waals surface area contributed by atoms with Crippen molar-refractivity contribution in [2.24, 2.45) is 5.73 Å². The second kappa shape index (κ2) is 6.40. The molecule has 0 saturated heterocycles. The summed E-state index contributed by atoms with van der Waals surface area (Å²) in [6.07, 6.45) is 0. The number of rotatable bonds is 5. The van der Waals surface area contributed by atoms with Crippen molar-refractivity contribution in [1.29, 1.82) is 0 Å². The molecule has 0 bridgehead atoms. The van der Waals surface area contributed by atoms with Gasteiger partial charge in [-0.1, -0.05) is 0 Å². The van der Waals surface area contributed by atoms with Crippen LogP contribution in [0.1, 0.15) is 32.0 Å². The Morgan fingerprint density at radius 2 is 1.60 bits per heavy atom. The van der Waals surface area contributed by atoms with E-state index in [4.69, 9.17) is 5.73 Å². The van der Waals surface area contributed by atoms with Gasteiger partial charge in [-0.3, -0.25) is 0 Å². The lowest BCUT2D eigenvalue weighted by atomic mass is 9.88. The van der Waals surface area contributed by atoms with Crippen molar-refractivity contribution in [3.63, 3.8) is 0 Å². The highest BCUT2D eigenvalue weighted by Gasteiger charge is 2.50. The molecule has 1 heterocycles. The number of alkyl halides is 2. The lowest BCUT2D eigenvalue weighted by Crippen LogP contribution is -2.49. The number of pyridine rings is 1. The van der Waals surface area contributed by atoms with Crippen LogP contribution in [0.4, 0.5) is 13.2 Å². The summed E-state index contributed by atoms with van der Waals surface area (Å²) in [5.74, 6) is -4.02. The first kappa shape index (κ1) is 19.4. The predicted molar refractivity (Wildman–Crippen MR) is 88.4 cm³/mol. The fourth-order valence-electron chi connectivity index (χ4n) is 2.37. The van der Waals surface area contributed by atoms with E-state index in [1.807, 2.05) is 0 Å². The molecule has 0 aliphatic rings. The van der Waals surface area contributed by atoms with Gasteiger partial charge >= 0.3 is 0 Å².